The van der Waals surface area contributed by atoms with Gasteiger partial charge in [-0.2, -0.15) is 0 Å². The number of hydrogen-bond acceptors (Lipinski definition) is 4. The third-order valence-corrected chi connectivity index (χ3v) is 6.14. The molecule has 2 atom stereocenters. The molecule has 0 aliphatic carbocycles. The van der Waals surface area contributed by atoms with E-state index >= 15 is 0 Å². The standard InChI is InChI=1S/C17H23N5O2S/c1-11(2)14-5-4-13-15(25(18,24)21-14)10-22(3)16(13)17(23)20-12-6-8-19-9-7-12/h6-11,14H,4-5H2,1-3H3,(H2,18,21,24)(H,19,20,23). The summed E-state index contributed by atoms with van der Waals surface area (Å²) < 4.78 is 25.9. The molecule has 25 heavy (non-hydrogen) atoms. The van der Waals surface area contributed by atoms with Gasteiger partial charge in [-0.1, -0.05) is 13.8 Å². The van der Waals surface area contributed by atoms with Crippen molar-refractivity contribution in [2.45, 2.75) is 37.6 Å². The second-order valence-electron chi connectivity index (χ2n) is 6.68. The van der Waals surface area contributed by atoms with Gasteiger partial charge < -0.3 is 9.88 Å². The molecule has 0 aromatic carbocycles. The van der Waals surface area contributed by atoms with E-state index < -0.39 is 9.92 Å². The average Bonchev–Trinajstić information content (AvgIpc) is 2.83. The van der Waals surface area contributed by atoms with Gasteiger partial charge in [0, 0.05) is 42.9 Å². The molecule has 3 rings (SSSR count). The van der Waals surface area contributed by atoms with Gasteiger partial charge in [0.2, 0.25) is 0 Å². The Kier molecular flexibility index (Phi) is 4.66. The van der Waals surface area contributed by atoms with Crippen molar-refractivity contribution in [3.05, 3.63) is 42.0 Å². The van der Waals surface area contributed by atoms with E-state index in [1.54, 1.807) is 42.3 Å². The zero-order valence-electron chi connectivity index (χ0n) is 14.6. The van der Waals surface area contributed by atoms with Crippen LogP contribution < -0.4 is 10.0 Å². The molecule has 0 spiro atoms. The fourth-order valence-corrected chi connectivity index (χ4v) is 4.96. The lowest BCUT2D eigenvalue weighted by Crippen LogP contribution is -2.36. The summed E-state index contributed by atoms with van der Waals surface area (Å²) in [5.41, 5.74) is 1.80. The molecule has 134 valence electrons. The number of aryl methyl sites for hydroxylation is 1. The van der Waals surface area contributed by atoms with Crippen LogP contribution in [0.3, 0.4) is 0 Å². The Balaban J connectivity index is 1.99. The molecule has 1 aliphatic heterocycles. The van der Waals surface area contributed by atoms with E-state index in [0.717, 1.165) is 6.42 Å². The fraction of sp³-hybridized carbons (Fsp3) is 0.412. The van der Waals surface area contributed by atoms with Crippen molar-refractivity contribution in [1.29, 1.82) is 4.78 Å². The van der Waals surface area contributed by atoms with Gasteiger partial charge in [-0.15, -0.1) is 0 Å². The minimum Gasteiger partial charge on any atom is -0.345 e. The highest BCUT2D eigenvalue weighted by molar-refractivity contribution is 7.90. The van der Waals surface area contributed by atoms with Crippen molar-refractivity contribution in [3.63, 3.8) is 0 Å². The van der Waals surface area contributed by atoms with E-state index in [-0.39, 0.29) is 17.9 Å². The van der Waals surface area contributed by atoms with Crippen molar-refractivity contribution in [3.8, 4) is 0 Å². The Hall–Kier alpha value is -2.19. The predicted molar refractivity (Wildman–Crippen MR) is 96.8 cm³/mol. The number of nitrogens with one attached hydrogen (secondary N) is 3. The van der Waals surface area contributed by atoms with Crippen molar-refractivity contribution in [2.24, 2.45) is 13.0 Å². The second kappa shape index (κ2) is 6.61. The highest BCUT2D eigenvalue weighted by Gasteiger charge is 2.31. The molecule has 3 heterocycles. The summed E-state index contributed by atoms with van der Waals surface area (Å²) in [6.07, 6.45) is 6.20. The number of hydrogen-bond donors (Lipinski definition) is 3. The minimum absolute atomic E-state index is 0.0150. The van der Waals surface area contributed by atoms with Gasteiger partial charge in [0.25, 0.3) is 5.91 Å². The number of amides is 1. The number of pyridine rings is 1. The number of carbonyl (C=O) groups excluding carboxylic acids is 1. The molecule has 2 unspecified atom stereocenters. The van der Waals surface area contributed by atoms with Crippen LogP contribution in [0.5, 0.6) is 0 Å². The van der Waals surface area contributed by atoms with Gasteiger partial charge in [-0.05, 0) is 30.9 Å². The third kappa shape index (κ3) is 3.45. The fourth-order valence-electron chi connectivity index (χ4n) is 3.16. The van der Waals surface area contributed by atoms with Gasteiger partial charge >= 0.3 is 0 Å². The Labute approximate surface area is 148 Å². The van der Waals surface area contributed by atoms with E-state index in [2.05, 4.69) is 15.0 Å². The molecular formula is C17H23N5O2S. The molecule has 3 N–H and O–H groups in total. The van der Waals surface area contributed by atoms with Gasteiger partial charge in [0.05, 0.1) is 4.90 Å². The molecule has 1 amide bonds. The topological polar surface area (TPSA) is 99.9 Å². The summed E-state index contributed by atoms with van der Waals surface area (Å²) in [5.74, 6) is -0.00817. The highest BCUT2D eigenvalue weighted by atomic mass is 32.2. The van der Waals surface area contributed by atoms with Crippen LogP contribution in [0.25, 0.3) is 0 Å². The predicted octanol–water partition coefficient (Wildman–Crippen LogP) is 2.55. The van der Waals surface area contributed by atoms with Crippen LogP contribution in [0.4, 0.5) is 5.69 Å². The SMILES string of the molecule is CC(C)C1CCc2c(cn(C)c2C(=O)Nc2ccncc2)S(=N)(=O)N1. The zero-order chi connectivity index (χ0) is 18.2. The molecular weight excluding hydrogens is 338 g/mol. The van der Waals surface area contributed by atoms with Gasteiger partial charge in [-0.3, -0.25) is 9.78 Å². The van der Waals surface area contributed by atoms with Crippen LogP contribution in [0.1, 0.15) is 36.3 Å². The van der Waals surface area contributed by atoms with E-state index in [4.69, 9.17) is 4.78 Å². The number of rotatable bonds is 3. The number of fused-ring (bicyclic) bond motifs is 1. The lowest BCUT2D eigenvalue weighted by Gasteiger charge is -2.20. The lowest BCUT2D eigenvalue weighted by atomic mass is 9.97. The summed E-state index contributed by atoms with van der Waals surface area (Å²) in [6, 6.07) is 3.41. The highest BCUT2D eigenvalue weighted by Crippen LogP contribution is 2.29. The summed E-state index contributed by atoms with van der Waals surface area (Å²) >= 11 is 0. The number of anilines is 1. The first-order valence-corrected chi connectivity index (χ1v) is 9.81. The third-order valence-electron chi connectivity index (χ3n) is 4.54. The van der Waals surface area contributed by atoms with Crippen molar-refractivity contribution >= 4 is 21.5 Å². The zero-order valence-corrected chi connectivity index (χ0v) is 15.4. The van der Waals surface area contributed by atoms with Gasteiger partial charge in [0.1, 0.15) is 15.6 Å². The summed E-state index contributed by atoms with van der Waals surface area (Å²) in [6.45, 7) is 4.08. The van der Waals surface area contributed by atoms with E-state index in [0.29, 0.717) is 28.3 Å². The van der Waals surface area contributed by atoms with E-state index in [1.165, 1.54) is 0 Å². The largest absolute Gasteiger partial charge is 0.345 e. The molecule has 7 nitrogen and oxygen atoms in total. The summed E-state index contributed by atoms with van der Waals surface area (Å²) in [5, 5.41) is 2.84. The Morgan fingerprint density at radius 2 is 2.12 bits per heavy atom. The molecule has 8 heteroatoms. The monoisotopic (exact) mass is 361 g/mol. The summed E-state index contributed by atoms with van der Waals surface area (Å²) in [4.78, 5) is 17.1. The number of carbonyl (C=O) groups is 1. The summed E-state index contributed by atoms with van der Waals surface area (Å²) in [7, 11) is -1.40. The molecule has 2 aromatic heterocycles. The maximum Gasteiger partial charge on any atom is 0.272 e. The van der Waals surface area contributed by atoms with Crippen LogP contribution in [0, 0.1) is 10.7 Å². The lowest BCUT2D eigenvalue weighted by molar-refractivity contribution is 0.101. The van der Waals surface area contributed by atoms with E-state index in [9.17, 15) is 9.00 Å². The quantitative estimate of drug-likeness (QED) is 0.783. The molecule has 0 saturated heterocycles. The van der Waals surface area contributed by atoms with Crippen molar-refractivity contribution in [1.82, 2.24) is 14.3 Å². The molecule has 0 radical (unpaired) electrons. The Morgan fingerprint density at radius 1 is 1.44 bits per heavy atom. The Morgan fingerprint density at radius 3 is 2.76 bits per heavy atom. The average molecular weight is 361 g/mol. The smallest absolute Gasteiger partial charge is 0.272 e. The minimum atomic E-state index is -3.14. The first-order chi connectivity index (χ1) is 11.8. The number of aromatic nitrogens is 2. The normalized spacial score (nSPS) is 23.1. The van der Waals surface area contributed by atoms with Gasteiger partial charge in [-0.25, -0.2) is 13.7 Å². The van der Waals surface area contributed by atoms with Crippen molar-refractivity contribution in [2.75, 3.05) is 5.32 Å². The maximum atomic E-state index is 12.9. The van der Waals surface area contributed by atoms with Crippen LogP contribution >= 0.6 is 0 Å². The second-order valence-corrected chi connectivity index (χ2v) is 8.47. The molecule has 0 fully saturated rings. The van der Waals surface area contributed by atoms with Gasteiger partial charge in [0.15, 0.2) is 0 Å². The van der Waals surface area contributed by atoms with Crippen LogP contribution in [-0.4, -0.2) is 25.7 Å². The Bertz CT molecular complexity index is 887. The number of nitrogens with zero attached hydrogens (tertiary/aromatic N) is 2. The molecule has 2 aromatic rings. The van der Waals surface area contributed by atoms with Crippen LogP contribution in [0.15, 0.2) is 35.6 Å². The molecule has 0 bridgehead atoms. The molecule has 1 aliphatic rings. The first kappa shape index (κ1) is 17.6. The van der Waals surface area contributed by atoms with Crippen LogP contribution in [0.2, 0.25) is 0 Å². The van der Waals surface area contributed by atoms with E-state index in [1.807, 2.05) is 13.8 Å². The molecule has 0 saturated carbocycles. The van der Waals surface area contributed by atoms with Crippen LogP contribution in [-0.2, 0) is 23.4 Å². The maximum absolute atomic E-state index is 12.9. The van der Waals surface area contributed by atoms with Crippen molar-refractivity contribution < 1.29 is 9.00 Å². The first-order valence-electron chi connectivity index (χ1n) is 8.25.